The minimum atomic E-state index is -0.227. The Labute approximate surface area is 131 Å². The third kappa shape index (κ3) is 2.42. The highest BCUT2D eigenvalue weighted by atomic mass is 79.9. The quantitative estimate of drug-likeness (QED) is 0.789. The maximum absolute atomic E-state index is 12.4. The van der Waals surface area contributed by atoms with Gasteiger partial charge in [0.2, 0.25) is 11.8 Å². The first-order valence-corrected chi connectivity index (χ1v) is 8.55. The second-order valence-corrected chi connectivity index (χ2v) is 8.11. The Hall–Kier alpha value is -0.810. The fourth-order valence-corrected chi connectivity index (χ4v) is 5.34. The first-order valence-electron chi connectivity index (χ1n) is 6.71. The fraction of sp³-hybridized carbons (Fsp3) is 0.467. The number of benzene rings is 1. The molecule has 0 saturated carbocycles. The molecule has 2 saturated heterocycles. The van der Waals surface area contributed by atoms with Gasteiger partial charge in [-0.25, -0.2) is 0 Å². The Bertz CT molecular complexity index is 577. The van der Waals surface area contributed by atoms with E-state index in [0.29, 0.717) is 11.7 Å². The number of thioether (sulfide) groups is 1. The average Bonchev–Trinajstić information content (AvgIpc) is 2.69. The predicted octanol–water partition coefficient (Wildman–Crippen LogP) is 3.09. The lowest BCUT2D eigenvalue weighted by Crippen LogP contribution is -2.51. The van der Waals surface area contributed by atoms with Gasteiger partial charge in [0.15, 0.2) is 0 Å². The highest BCUT2D eigenvalue weighted by Gasteiger charge is 2.52. The van der Waals surface area contributed by atoms with Crippen molar-refractivity contribution in [2.45, 2.75) is 30.9 Å². The highest BCUT2D eigenvalue weighted by Crippen LogP contribution is 2.53. The molecular formula is C15H16BrNO2S. The summed E-state index contributed by atoms with van der Waals surface area (Å²) in [4.78, 5) is 24.3. The molecule has 1 N–H and O–H groups in total. The Kier molecular flexibility index (Phi) is 3.67. The number of hydrogen-bond donors (Lipinski definition) is 1. The molecule has 0 aliphatic carbocycles. The van der Waals surface area contributed by atoms with Crippen LogP contribution in [-0.2, 0) is 9.59 Å². The Balaban J connectivity index is 2.04. The van der Waals surface area contributed by atoms with Crippen LogP contribution in [0.25, 0.3) is 0 Å². The van der Waals surface area contributed by atoms with Gasteiger partial charge in [0.25, 0.3) is 0 Å². The smallest absolute Gasteiger partial charge is 0.234 e. The van der Waals surface area contributed by atoms with E-state index < -0.39 is 0 Å². The zero-order chi connectivity index (χ0) is 14.3. The summed E-state index contributed by atoms with van der Waals surface area (Å²) in [5.41, 5.74) is 0.781. The molecule has 20 heavy (non-hydrogen) atoms. The molecule has 0 aromatic heterocycles. The number of carbonyl (C=O) groups is 2. The Morgan fingerprint density at radius 1 is 1.40 bits per heavy atom. The lowest BCUT2D eigenvalue weighted by atomic mass is 9.66. The zero-order valence-electron chi connectivity index (χ0n) is 11.2. The maximum atomic E-state index is 12.4. The monoisotopic (exact) mass is 353 g/mol. The van der Waals surface area contributed by atoms with Crippen LogP contribution in [-0.4, -0.2) is 22.8 Å². The summed E-state index contributed by atoms with van der Waals surface area (Å²) >= 11 is 5.33. The van der Waals surface area contributed by atoms with Gasteiger partial charge in [0, 0.05) is 27.3 Å². The summed E-state index contributed by atoms with van der Waals surface area (Å²) in [5.74, 6) is 0.380. The van der Waals surface area contributed by atoms with Crippen molar-refractivity contribution in [3.8, 4) is 0 Å². The van der Waals surface area contributed by atoms with Crippen molar-refractivity contribution in [1.29, 1.82) is 0 Å². The van der Waals surface area contributed by atoms with Gasteiger partial charge in [0.05, 0.1) is 5.92 Å². The summed E-state index contributed by atoms with van der Waals surface area (Å²) in [6.07, 6.45) is 1.38. The number of amides is 2. The van der Waals surface area contributed by atoms with E-state index in [9.17, 15) is 9.59 Å². The van der Waals surface area contributed by atoms with Crippen molar-refractivity contribution in [3.05, 3.63) is 34.3 Å². The van der Waals surface area contributed by atoms with Gasteiger partial charge in [-0.1, -0.05) is 35.0 Å². The molecule has 0 bridgehead atoms. The second-order valence-electron chi connectivity index (χ2n) is 5.77. The molecule has 0 radical (unpaired) electrons. The molecule has 3 rings (SSSR count). The van der Waals surface area contributed by atoms with Gasteiger partial charge >= 0.3 is 0 Å². The van der Waals surface area contributed by atoms with E-state index in [-0.39, 0.29) is 23.1 Å². The molecule has 2 fully saturated rings. The SMILES string of the molecule is CC1CC2(CS1)CC(=O)NC(=O)C2c1cccc(Br)c1. The standard InChI is InChI=1S/C15H16BrNO2S/c1-9-6-15(8-20-9)7-12(18)17-14(19)13(15)10-3-2-4-11(16)5-10/h2-5,9,13H,6-8H2,1H3,(H,17,18,19). The minimum absolute atomic E-state index is 0.129. The summed E-state index contributed by atoms with van der Waals surface area (Å²) in [7, 11) is 0. The highest BCUT2D eigenvalue weighted by molar-refractivity contribution is 9.10. The van der Waals surface area contributed by atoms with Crippen LogP contribution in [0.5, 0.6) is 0 Å². The van der Waals surface area contributed by atoms with Gasteiger partial charge in [-0.2, -0.15) is 11.8 Å². The second kappa shape index (κ2) is 5.19. The number of hydrogen-bond acceptors (Lipinski definition) is 3. The predicted molar refractivity (Wildman–Crippen MR) is 83.6 cm³/mol. The van der Waals surface area contributed by atoms with Crippen molar-refractivity contribution in [2.24, 2.45) is 5.41 Å². The molecule has 1 aromatic rings. The topological polar surface area (TPSA) is 46.2 Å². The molecule has 2 aliphatic rings. The molecular weight excluding hydrogens is 338 g/mol. The number of piperidine rings is 1. The molecule has 106 valence electrons. The van der Waals surface area contributed by atoms with Gasteiger partial charge in [-0.15, -0.1) is 0 Å². The number of nitrogens with one attached hydrogen (secondary N) is 1. The first-order chi connectivity index (χ1) is 9.50. The Morgan fingerprint density at radius 3 is 2.85 bits per heavy atom. The van der Waals surface area contributed by atoms with Crippen LogP contribution in [0.1, 0.15) is 31.2 Å². The van der Waals surface area contributed by atoms with Crippen molar-refractivity contribution in [2.75, 3.05) is 5.75 Å². The van der Waals surface area contributed by atoms with Crippen molar-refractivity contribution in [3.63, 3.8) is 0 Å². The zero-order valence-corrected chi connectivity index (χ0v) is 13.6. The summed E-state index contributed by atoms with van der Waals surface area (Å²) in [5, 5.41) is 3.01. The van der Waals surface area contributed by atoms with Crippen LogP contribution in [0.4, 0.5) is 0 Å². The molecule has 2 amide bonds. The van der Waals surface area contributed by atoms with Gasteiger partial charge in [-0.05, 0) is 24.1 Å². The van der Waals surface area contributed by atoms with Crippen LogP contribution >= 0.6 is 27.7 Å². The van der Waals surface area contributed by atoms with Crippen LogP contribution in [0.3, 0.4) is 0 Å². The van der Waals surface area contributed by atoms with Crippen LogP contribution < -0.4 is 5.32 Å². The number of carbonyl (C=O) groups excluding carboxylic acids is 2. The van der Waals surface area contributed by atoms with Gasteiger partial charge < -0.3 is 0 Å². The van der Waals surface area contributed by atoms with E-state index in [4.69, 9.17) is 0 Å². The third-order valence-electron chi connectivity index (χ3n) is 4.18. The normalized spacial score (nSPS) is 33.5. The van der Waals surface area contributed by atoms with Gasteiger partial charge in [-0.3, -0.25) is 14.9 Å². The van der Waals surface area contributed by atoms with Gasteiger partial charge in [0.1, 0.15) is 0 Å². The van der Waals surface area contributed by atoms with Crippen LogP contribution in [0, 0.1) is 5.41 Å². The molecule has 1 spiro atoms. The van der Waals surface area contributed by atoms with E-state index >= 15 is 0 Å². The van der Waals surface area contributed by atoms with Crippen LogP contribution in [0.15, 0.2) is 28.7 Å². The Morgan fingerprint density at radius 2 is 2.20 bits per heavy atom. The molecule has 2 aliphatic heterocycles. The molecule has 3 nitrogen and oxygen atoms in total. The number of imide groups is 1. The third-order valence-corrected chi connectivity index (χ3v) is 6.15. The van der Waals surface area contributed by atoms with E-state index in [1.807, 2.05) is 36.0 Å². The molecule has 2 heterocycles. The average molecular weight is 354 g/mol. The molecule has 5 heteroatoms. The maximum Gasteiger partial charge on any atom is 0.234 e. The summed E-state index contributed by atoms with van der Waals surface area (Å²) in [6.45, 7) is 2.17. The largest absolute Gasteiger partial charge is 0.296 e. The van der Waals surface area contributed by atoms with Crippen molar-refractivity contribution in [1.82, 2.24) is 5.32 Å². The molecule has 1 aromatic carbocycles. The van der Waals surface area contributed by atoms with E-state index in [2.05, 4.69) is 28.2 Å². The van der Waals surface area contributed by atoms with E-state index in [0.717, 1.165) is 22.2 Å². The van der Waals surface area contributed by atoms with E-state index in [1.165, 1.54) is 0 Å². The number of rotatable bonds is 1. The summed E-state index contributed by atoms with van der Waals surface area (Å²) < 4.78 is 0.966. The fourth-order valence-electron chi connectivity index (χ4n) is 3.47. The minimum Gasteiger partial charge on any atom is -0.296 e. The molecule has 3 atom stereocenters. The van der Waals surface area contributed by atoms with E-state index in [1.54, 1.807) is 0 Å². The lowest BCUT2D eigenvalue weighted by Gasteiger charge is -2.39. The summed E-state index contributed by atoms with van der Waals surface area (Å²) in [6, 6.07) is 7.88. The van der Waals surface area contributed by atoms with Crippen molar-refractivity contribution < 1.29 is 9.59 Å². The first kappa shape index (κ1) is 14.1. The number of halogens is 1. The van der Waals surface area contributed by atoms with Crippen LogP contribution in [0.2, 0.25) is 0 Å². The lowest BCUT2D eigenvalue weighted by molar-refractivity contribution is -0.139. The molecule has 3 unspecified atom stereocenters. The van der Waals surface area contributed by atoms with Crippen molar-refractivity contribution >= 4 is 39.5 Å².